The number of benzene rings is 4. The molecular weight excluding hydrogens is 495 g/mol. The summed E-state index contributed by atoms with van der Waals surface area (Å²) in [7, 11) is 1.56. The maximum absolute atomic E-state index is 13.1. The number of methoxy groups -OCH3 is 1. The quantitative estimate of drug-likeness (QED) is 0.133. The van der Waals surface area contributed by atoms with Gasteiger partial charge in [-0.2, -0.15) is 5.10 Å². The van der Waals surface area contributed by atoms with Crippen molar-refractivity contribution in [1.29, 1.82) is 0 Å². The van der Waals surface area contributed by atoms with Crippen LogP contribution in [0.15, 0.2) is 107 Å². The molecule has 0 spiro atoms. The second-order valence-electron chi connectivity index (χ2n) is 7.69. The van der Waals surface area contributed by atoms with Crippen LogP contribution in [0.1, 0.15) is 27.0 Å². The molecule has 0 aromatic heterocycles. The molecule has 0 amide bonds. The molecular formula is C29H22Cl2N2O3. The molecule has 180 valence electrons. The maximum Gasteiger partial charge on any atom is 0.213 e. The van der Waals surface area contributed by atoms with Gasteiger partial charge in [0.1, 0.15) is 12.3 Å². The lowest BCUT2D eigenvalue weighted by atomic mass is 10.0. The summed E-state index contributed by atoms with van der Waals surface area (Å²) in [5.41, 5.74) is 3.02. The topological polar surface area (TPSA) is 60.2 Å². The fourth-order valence-electron chi connectivity index (χ4n) is 3.39. The van der Waals surface area contributed by atoms with Crippen LogP contribution in [-0.2, 0) is 6.61 Å². The molecule has 0 radical (unpaired) electrons. The van der Waals surface area contributed by atoms with Crippen LogP contribution in [0.5, 0.6) is 11.5 Å². The van der Waals surface area contributed by atoms with E-state index in [2.05, 4.69) is 10.2 Å². The van der Waals surface area contributed by atoms with E-state index < -0.39 is 0 Å². The first-order chi connectivity index (χ1) is 17.5. The molecule has 0 aliphatic heterocycles. The number of nitrogens with zero attached hydrogens (tertiary/aromatic N) is 2. The summed E-state index contributed by atoms with van der Waals surface area (Å²) >= 11 is 12.2. The van der Waals surface area contributed by atoms with Crippen molar-refractivity contribution in [2.75, 3.05) is 7.11 Å². The van der Waals surface area contributed by atoms with Crippen molar-refractivity contribution in [3.05, 3.63) is 129 Å². The predicted molar refractivity (Wildman–Crippen MR) is 145 cm³/mol. The molecule has 0 saturated heterocycles. The van der Waals surface area contributed by atoms with E-state index in [1.54, 1.807) is 49.7 Å². The monoisotopic (exact) mass is 516 g/mol. The van der Waals surface area contributed by atoms with Crippen LogP contribution in [0, 0.1) is 0 Å². The van der Waals surface area contributed by atoms with Crippen molar-refractivity contribution < 1.29 is 14.3 Å². The van der Waals surface area contributed by atoms with Gasteiger partial charge in [-0.25, -0.2) is 0 Å². The molecule has 0 atom stereocenters. The van der Waals surface area contributed by atoms with E-state index in [1.165, 1.54) is 0 Å². The SMILES string of the molecule is COc1cc(/C=N/N=C(/C(=O)c2ccccc2)c2ccccc2)ccc1OCc1ccc(Cl)cc1Cl. The predicted octanol–water partition coefficient (Wildman–Crippen LogP) is 7.29. The number of hydrogen-bond acceptors (Lipinski definition) is 5. The maximum atomic E-state index is 13.1. The normalized spacial score (nSPS) is 11.5. The van der Waals surface area contributed by atoms with Gasteiger partial charge in [0.15, 0.2) is 11.5 Å². The van der Waals surface area contributed by atoms with Gasteiger partial charge in [0.2, 0.25) is 5.78 Å². The van der Waals surface area contributed by atoms with E-state index in [9.17, 15) is 4.79 Å². The van der Waals surface area contributed by atoms with E-state index in [-0.39, 0.29) is 18.1 Å². The van der Waals surface area contributed by atoms with E-state index in [4.69, 9.17) is 32.7 Å². The zero-order valence-electron chi connectivity index (χ0n) is 19.4. The van der Waals surface area contributed by atoms with Crippen molar-refractivity contribution in [2.45, 2.75) is 6.61 Å². The zero-order chi connectivity index (χ0) is 25.3. The van der Waals surface area contributed by atoms with Crippen molar-refractivity contribution in [3.63, 3.8) is 0 Å². The minimum atomic E-state index is -0.207. The van der Waals surface area contributed by atoms with Crippen LogP contribution in [0.4, 0.5) is 0 Å². The van der Waals surface area contributed by atoms with E-state index in [1.807, 2.05) is 60.7 Å². The summed E-state index contributed by atoms with van der Waals surface area (Å²) in [5.74, 6) is 0.867. The molecule has 0 aliphatic rings. The second kappa shape index (κ2) is 12.2. The molecule has 0 heterocycles. The molecule has 36 heavy (non-hydrogen) atoms. The highest BCUT2D eigenvalue weighted by Gasteiger charge is 2.16. The average molecular weight is 517 g/mol. The van der Waals surface area contributed by atoms with Gasteiger partial charge in [-0.1, -0.05) is 89.9 Å². The summed E-state index contributed by atoms with van der Waals surface area (Å²) in [6.45, 7) is 0.256. The van der Waals surface area contributed by atoms with Gasteiger partial charge in [0.25, 0.3) is 0 Å². The molecule has 0 N–H and O–H groups in total. The summed E-state index contributed by atoms with van der Waals surface area (Å²) in [6, 6.07) is 28.9. The average Bonchev–Trinajstić information content (AvgIpc) is 2.91. The standard InChI is InChI=1S/C29H22Cl2N2O3/c1-35-27-16-20(12-15-26(27)36-19-23-13-14-24(30)17-25(23)31)18-32-33-28(21-8-4-2-5-9-21)29(34)22-10-6-3-7-11-22/h2-18H,19H2,1H3/b32-18+,33-28+. The Morgan fingerprint density at radius 2 is 1.53 bits per heavy atom. The fraction of sp³-hybridized carbons (Fsp3) is 0.0690. The first-order valence-electron chi connectivity index (χ1n) is 11.1. The van der Waals surface area contributed by atoms with E-state index in [0.717, 1.165) is 11.1 Å². The Morgan fingerprint density at radius 1 is 0.833 bits per heavy atom. The number of halogens is 2. The van der Waals surface area contributed by atoms with Gasteiger partial charge >= 0.3 is 0 Å². The third kappa shape index (κ3) is 6.39. The molecule has 0 aliphatic carbocycles. The molecule has 5 nitrogen and oxygen atoms in total. The molecule has 0 bridgehead atoms. The number of hydrogen-bond donors (Lipinski definition) is 0. The van der Waals surface area contributed by atoms with Gasteiger partial charge in [-0.05, 0) is 35.9 Å². The Balaban J connectivity index is 1.54. The van der Waals surface area contributed by atoms with Gasteiger partial charge in [0.05, 0.1) is 13.3 Å². The third-order valence-corrected chi connectivity index (χ3v) is 5.84. The Hall–Kier alpha value is -3.93. The van der Waals surface area contributed by atoms with Crippen molar-refractivity contribution >= 4 is 40.9 Å². The summed E-state index contributed by atoms with van der Waals surface area (Å²) in [5, 5.41) is 9.57. The van der Waals surface area contributed by atoms with Crippen molar-refractivity contribution in [1.82, 2.24) is 0 Å². The number of rotatable bonds is 9. The molecule has 0 unspecified atom stereocenters. The highest BCUT2D eigenvalue weighted by Crippen LogP contribution is 2.30. The Kier molecular flexibility index (Phi) is 8.50. The molecule has 4 aromatic rings. The minimum Gasteiger partial charge on any atom is -0.493 e. The van der Waals surface area contributed by atoms with Crippen LogP contribution in [0.3, 0.4) is 0 Å². The highest BCUT2D eigenvalue weighted by atomic mass is 35.5. The van der Waals surface area contributed by atoms with Crippen LogP contribution in [0.2, 0.25) is 10.0 Å². The largest absolute Gasteiger partial charge is 0.493 e. The Morgan fingerprint density at radius 3 is 2.19 bits per heavy atom. The number of ether oxygens (including phenoxy) is 2. The second-order valence-corrected chi connectivity index (χ2v) is 8.53. The molecule has 7 heteroatoms. The Labute approximate surface area is 219 Å². The minimum absolute atomic E-state index is 0.207. The van der Waals surface area contributed by atoms with Crippen molar-refractivity contribution in [3.8, 4) is 11.5 Å². The summed E-state index contributed by atoms with van der Waals surface area (Å²) in [6.07, 6.45) is 1.56. The van der Waals surface area contributed by atoms with E-state index in [0.29, 0.717) is 32.7 Å². The van der Waals surface area contributed by atoms with Gasteiger partial charge in [-0.15, -0.1) is 5.10 Å². The van der Waals surface area contributed by atoms with Crippen LogP contribution < -0.4 is 9.47 Å². The smallest absolute Gasteiger partial charge is 0.213 e. The van der Waals surface area contributed by atoms with Gasteiger partial charge < -0.3 is 9.47 Å². The first-order valence-corrected chi connectivity index (χ1v) is 11.8. The third-order valence-electron chi connectivity index (χ3n) is 5.25. The molecule has 4 rings (SSSR count). The number of Topliss-reactive ketones (excluding diaryl/α,β-unsaturated/α-hetero) is 1. The highest BCUT2D eigenvalue weighted by molar-refractivity contribution is 6.51. The molecule has 0 saturated carbocycles. The van der Waals surface area contributed by atoms with Crippen LogP contribution in [-0.4, -0.2) is 24.8 Å². The van der Waals surface area contributed by atoms with Gasteiger partial charge in [-0.3, -0.25) is 4.79 Å². The van der Waals surface area contributed by atoms with Gasteiger partial charge in [0, 0.05) is 26.7 Å². The lowest BCUT2D eigenvalue weighted by Crippen LogP contribution is -2.15. The lowest BCUT2D eigenvalue weighted by Gasteiger charge is -2.12. The first kappa shape index (κ1) is 25.2. The zero-order valence-corrected chi connectivity index (χ0v) is 20.9. The number of ketones is 1. The van der Waals surface area contributed by atoms with Crippen LogP contribution in [0.25, 0.3) is 0 Å². The fourth-order valence-corrected chi connectivity index (χ4v) is 3.85. The molecule has 4 aromatic carbocycles. The molecule has 0 fully saturated rings. The number of carbonyl (C=O) groups is 1. The van der Waals surface area contributed by atoms with E-state index >= 15 is 0 Å². The lowest BCUT2D eigenvalue weighted by molar-refractivity contribution is 0.106. The number of carbonyl (C=O) groups excluding carboxylic acids is 1. The van der Waals surface area contributed by atoms with Crippen molar-refractivity contribution in [2.24, 2.45) is 10.2 Å². The Bertz CT molecular complexity index is 1400. The van der Waals surface area contributed by atoms with Crippen LogP contribution >= 0.6 is 23.2 Å². The summed E-state index contributed by atoms with van der Waals surface area (Å²) < 4.78 is 11.4. The summed E-state index contributed by atoms with van der Waals surface area (Å²) in [4.78, 5) is 13.1.